The van der Waals surface area contributed by atoms with Crippen LogP contribution in [0.5, 0.6) is 5.75 Å². The molecule has 1 unspecified atom stereocenters. The molecule has 0 radical (unpaired) electrons. The van der Waals surface area contributed by atoms with Gasteiger partial charge in [0.15, 0.2) is 0 Å². The lowest BCUT2D eigenvalue weighted by molar-refractivity contribution is -0.139. The number of benzene rings is 1. The molecule has 1 aromatic heterocycles. The molecule has 1 heterocycles. The van der Waals surface area contributed by atoms with Crippen LogP contribution in [0.2, 0.25) is 0 Å². The fraction of sp³-hybridized carbons (Fsp3) is 0.333. The first-order chi connectivity index (χ1) is 11.2. The number of nitrogens with one attached hydrogen (secondary N) is 1. The predicted octanol–water partition coefficient (Wildman–Crippen LogP) is 3.18. The normalized spacial score (nSPS) is 12.6. The van der Waals surface area contributed by atoms with Crippen LogP contribution < -0.4 is 5.32 Å². The van der Waals surface area contributed by atoms with E-state index in [1.54, 1.807) is 18.2 Å². The van der Waals surface area contributed by atoms with Gasteiger partial charge in [-0.2, -0.15) is 0 Å². The molecule has 0 bridgehead atoms. The summed E-state index contributed by atoms with van der Waals surface area (Å²) in [7, 11) is 0. The molecule has 0 fully saturated rings. The summed E-state index contributed by atoms with van der Waals surface area (Å²) in [6.45, 7) is 6.18. The molecule has 2 aromatic rings. The van der Waals surface area contributed by atoms with E-state index in [4.69, 9.17) is 0 Å². The maximum Gasteiger partial charge on any atom is 0.326 e. The Morgan fingerprint density at radius 2 is 1.75 bits per heavy atom. The molecule has 0 aliphatic carbocycles. The number of rotatable bonds is 5. The molecule has 1 atom stereocenters. The van der Waals surface area contributed by atoms with E-state index in [9.17, 15) is 19.8 Å². The molecule has 128 valence electrons. The van der Waals surface area contributed by atoms with Crippen LogP contribution in [0.1, 0.15) is 40.9 Å². The topological polar surface area (TPSA) is 86.6 Å². The van der Waals surface area contributed by atoms with Gasteiger partial charge in [-0.1, -0.05) is 32.9 Å². The molecule has 24 heavy (non-hydrogen) atoms. The largest absolute Gasteiger partial charge is 0.508 e. The zero-order valence-electron chi connectivity index (χ0n) is 13.9. The van der Waals surface area contributed by atoms with Gasteiger partial charge in [-0.05, 0) is 35.2 Å². The summed E-state index contributed by atoms with van der Waals surface area (Å²) in [5.41, 5.74) is 0.670. The van der Waals surface area contributed by atoms with Gasteiger partial charge in [-0.3, -0.25) is 4.79 Å². The van der Waals surface area contributed by atoms with E-state index >= 15 is 0 Å². The highest BCUT2D eigenvalue weighted by molar-refractivity contribution is 7.14. The van der Waals surface area contributed by atoms with Crippen LogP contribution in [0, 0.1) is 0 Å². The van der Waals surface area contributed by atoms with Crippen LogP contribution in [0.3, 0.4) is 0 Å². The van der Waals surface area contributed by atoms with Gasteiger partial charge in [-0.25, -0.2) is 4.79 Å². The smallest absolute Gasteiger partial charge is 0.326 e. The minimum absolute atomic E-state index is 0.0541. The van der Waals surface area contributed by atoms with Crippen molar-refractivity contribution in [2.75, 3.05) is 0 Å². The SMILES string of the molecule is CC(C)(C)c1ccc(C(=O)NC(Cc2ccc(O)cc2)C(=O)O)s1. The van der Waals surface area contributed by atoms with E-state index < -0.39 is 12.0 Å². The fourth-order valence-corrected chi connectivity index (χ4v) is 3.13. The predicted molar refractivity (Wildman–Crippen MR) is 93.7 cm³/mol. The van der Waals surface area contributed by atoms with Gasteiger partial charge >= 0.3 is 5.97 Å². The van der Waals surface area contributed by atoms with Gasteiger partial charge in [-0.15, -0.1) is 11.3 Å². The van der Waals surface area contributed by atoms with E-state index in [2.05, 4.69) is 26.1 Å². The van der Waals surface area contributed by atoms with Gasteiger partial charge in [0, 0.05) is 11.3 Å². The van der Waals surface area contributed by atoms with Crippen molar-refractivity contribution in [1.82, 2.24) is 5.32 Å². The van der Waals surface area contributed by atoms with Gasteiger partial charge in [0.25, 0.3) is 5.91 Å². The number of amides is 1. The number of carbonyl (C=O) groups excluding carboxylic acids is 1. The average Bonchev–Trinajstić information content (AvgIpc) is 2.98. The van der Waals surface area contributed by atoms with Crippen molar-refractivity contribution in [3.05, 3.63) is 51.7 Å². The second kappa shape index (κ2) is 7.05. The molecule has 3 N–H and O–H groups in total. The summed E-state index contributed by atoms with van der Waals surface area (Å²) in [5.74, 6) is -1.37. The van der Waals surface area contributed by atoms with Crippen molar-refractivity contribution in [2.24, 2.45) is 0 Å². The number of aliphatic carboxylic acids is 1. The van der Waals surface area contributed by atoms with Crippen LogP contribution in [-0.2, 0) is 16.6 Å². The van der Waals surface area contributed by atoms with Crippen LogP contribution >= 0.6 is 11.3 Å². The molecule has 0 saturated heterocycles. The summed E-state index contributed by atoms with van der Waals surface area (Å²) in [5, 5.41) is 21.2. The van der Waals surface area contributed by atoms with E-state index in [0.717, 1.165) is 10.4 Å². The summed E-state index contributed by atoms with van der Waals surface area (Å²) < 4.78 is 0. The van der Waals surface area contributed by atoms with E-state index in [1.165, 1.54) is 23.5 Å². The van der Waals surface area contributed by atoms with Crippen molar-refractivity contribution < 1.29 is 19.8 Å². The first kappa shape index (κ1) is 18.0. The molecular weight excluding hydrogens is 326 g/mol. The van der Waals surface area contributed by atoms with Crippen molar-refractivity contribution in [3.8, 4) is 5.75 Å². The molecule has 0 aliphatic rings. The lowest BCUT2D eigenvalue weighted by Crippen LogP contribution is -2.42. The molecule has 0 spiro atoms. The molecule has 1 aromatic carbocycles. The average molecular weight is 347 g/mol. The first-order valence-electron chi connectivity index (χ1n) is 7.58. The van der Waals surface area contributed by atoms with Crippen LogP contribution in [0.25, 0.3) is 0 Å². The van der Waals surface area contributed by atoms with Gasteiger partial charge in [0.2, 0.25) is 0 Å². The van der Waals surface area contributed by atoms with Gasteiger partial charge in [0.1, 0.15) is 11.8 Å². The van der Waals surface area contributed by atoms with Crippen molar-refractivity contribution in [1.29, 1.82) is 0 Å². The zero-order chi connectivity index (χ0) is 17.9. The maximum atomic E-state index is 12.3. The number of hydrogen-bond donors (Lipinski definition) is 3. The number of hydrogen-bond acceptors (Lipinski definition) is 4. The van der Waals surface area contributed by atoms with Crippen LogP contribution in [-0.4, -0.2) is 28.1 Å². The molecule has 2 rings (SSSR count). The number of phenols is 1. The van der Waals surface area contributed by atoms with Gasteiger partial charge in [0.05, 0.1) is 4.88 Å². The molecular formula is C18H21NO4S. The second-order valence-corrected chi connectivity index (χ2v) is 7.73. The number of phenolic OH excluding ortho intramolecular Hbond substituents is 1. The van der Waals surface area contributed by atoms with Gasteiger partial charge < -0.3 is 15.5 Å². The minimum atomic E-state index is -1.09. The Hall–Kier alpha value is -2.34. The molecule has 0 aliphatic heterocycles. The number of aromatic hydroxyl groups is 1. The Labute approximate surface area is 145 Å². The Balaban J connectivity index is 2.09. The molecule has 6 heteroatoms. The lowest BCUT2D eigenvalue weighted by atomic mass is 9.95. The first-order valence-corrected chi connectivity index (χ1v) is 8.40. The Kier molecular flexibility index (Phi) is 5.29. The highest BCUT2D eigenvalue weighted by Crippen LogP contribution is 2.29. The van der Waals surface area contributed by atoms with Crippen LogP contribution in [0.4, 0.5) is 0 Å². The quantitative estimate of drug-likeness (QED) is 0.775. The lowest BCUT2D eigenvalue weighted by Gasteiger charge is -2.16. The van der Waals surface area contributed by atoms with E-state index in [0.29, 0.717) is 4.88 Å². The Morgan fingerprint density at radius 1 is 1.12 bits per heavy atom. The highest BCUT2D eigenvalue weighted by atomic mass is 32.1. The second-order valence-electron chi connectivity index (χ2n) is 6.65. The summed E-state index contributed by atoms with van der Waals surface area (Å²) in [6, 6.07) is 8.86. The number of carbonyl (C=O) groups is 2. The molecule has 5 nitrogen and oxygen atoms in total. The highest BCUT2D eigenvalue weighted by Gasteiger charge is 2.23. The summed E-state index contributed by atoms with van der Waals surface area (Å²) in [6.07, 6.45) is 0.152. The summed E-state index contributed by atoms with van der Waals surface area (Å²) >= 11 is 1.37. The zero-order valence-corrected chi connectivity index (χ0v) is 14.7. The maximum absolute atomic E-state index is 12.3. The Morgan fingerprint density at radius 3 is 2.25 bits per heavy atom. The third-order valence-electron chi connectivity index (χ3n) is 3.55. The fourth-order valence-electron chi connectivity index (χ4n) is 2.16. The summed E-state index contributed by atoms with van der Waals surface area (Å²) in [4.78, 5) is 25.3. The third-order valence-corrected chi connectivity index (χ3v) is 5.06. The third kappa shape index (κ3) is 4.58. The number of carboxylic acid groups (broad SMARTS) is 1. The molecule has 1 amide bonds. The standard InChI is InChI=1S/C18H21NO4S/c1-18(2,3)15-9-8-14(24-15)16(21)19-13(17(22)23)10-11-4-6-12(20)7-5-11/h4-9,13,20H,10H2,1-3H3,(H,19,21)(H,22,23). The number of carboxylic acids is 1. The van der Waals surface area contributed by atoms with Crippen molar-refractivity contribution in [2.45, 2.75) is 38.6 Å². The van der Waals surface area contributed by atoms with Crippen molar-refractivity contribution in [3.63, 3.8) is 0 Å². The molecule has 0 saturated carbocycles. The van der Waals surface area contributed by atoms with E-state index in [1.807, 2.05) is 6.07 Å². The minimum Gasteiger partial charge on any atom is -0.508 e. The van der Waals surface area contributed by atoms with Crippen molar-refractivity contribution >= 4 is 23.2 Å². The van der Waals surface area contributed by atoms with Crippen LogP contribution in [0.15, 0.2) is 36.4 Å². The van der Waals surface area contributed by atoms with E-state index in [-0.39, 0.29) is 23.5 Å². The Bertz CT molecular complexity index is 728. The monoisotopic (exact) mass is 347 g/mol. The number of thiophene rings is 1.